The molecule has 0 bridgehead atoms. The number of carbonyl (C=O) groups excluding carboxylic acids is 2. The third kappa shape index (κ3) is 10.5. The van der Waals surface area contributed by atoms with E-state index in [2.05, 4.69) is 31.8 Å². The van der Waals surface area contributed by atoms with Gasteiger partial charge in [-0.1, -0.05) is 34.5 Å². The molecule has 2 aromatic carbocycles. The Morgan fingerprint density at radius 1 is 0.839 bits per heavy atom. The molecule has 4 rings (SSSR count). The summed E-state index contributed by atoms with van der Waals surface area (Å²) in [6.45, 7) is 0. The van der Waals surface area contributed by atoms with E-state index < -0.39 is 0 Å². The molecule has 2 aliphatic carbocycles. The second-order valence-corrected chi connectivity index (χ2v) is 7.88. The van der Waals surface area contributed by atoms with Gasteiger partial charge >= 0.3 is 35.0 Å². The number of hydrogen-bond acceptors (Lipinski definition) is 4. The maximum absolute atomic E-state index is 11.2. The SMILES string of the molecule is COC(=O)c1ccc(Br)cc1.COC(=O)c1ccc(C2CCC2)cc1.[Br-].[CH-]1CCC1.[Mg+2]. The Labute approximate surface area is 220 Å². The van der Waals surface area contributed by atoms with E-state index in [9.17, 15) is 9.59 Å². The molecule has 0 N–H and O–H groups in total. The average Bonchev–Trinajstić information content (AvgIpc) is 2.66. The summed E-state index contributed by atoms with van der Waals surface area (Å²) >= 11 is 3.26. The molecule has 7 heteroatoms. The standard InChI is InChI=1S/C12H14O2.C8H7BrO2.C4H7.BrH.Mg/c1-14-12(13)11-7-5-10(6-8-11)9-3-2-4-9;1-11-8(10)6-2-4-7(9)5-3-6;1-2-4-3-1;;/h5-9H,2-4H2,1H3;2-5H,1H3;1H,2-4H2;1H;/q;;-1;;+2/p-1. The van der Waals surface area contributed by atoms with E-state index in [0.29, 0.717) is 11.1 Å². The van der Waals surface area contributed by atoms with Crippen molar-refractivity contribution in [2.24, 2.45) is 0 Å². The molecular formula is C24H28Br2MgO4. The number of carbonyl (C=O) groups is 2. The van der Waals surface area contributed by atoms with Crippen LogP contribution in [0.2, 0.25) is 0 Å². The number of methoxy groups -OCH3 is 2. The van der Waals surface area contributed by atoms with Crippen molar-refractivity contribution in [3.63, 3.8) is 0 Å². The quantitative estimate of drug-likeness (QED) is 0.327. The summed E-state index contributed by atoms with van der Waals surface area (Å²) in [5, 5.41) is 0. The fraction of sp³-hybridized carbons (Fsp3) is 0.375. The Bertz CT molecular complexity index is 767. The van der Waals surface area contributed by atoms with Crippen molar-refractivity contribution in [3.8, 4) is 0 Å². The van der Waals surface area contributed by atoms with Gasteiger partial charge in [-0.25, -0.2) is 9.59 Å². The minimum atomic E-state index is -0.308. The van der Waals surface area contributed by atoms with Crippen molar-refractivity contribution >= 4 is 50.9 Å². The van der Waals surface area contributed by atoms with Crippen molar-refractivity contribution < 1.29 is 36.0 Å². The molecule has 0 saturated heterocycles. The monoisotopic (exact) mass is 562 g/mol. The van der Waals surface area contributed by atoms with Crippen LogP contribution in [0.4, 0.5) is 0 Å². The minimum Gasteiger partial charge on any atom is -1.00 e. The van der Waals surface area contributed by atoms with E-state index in [0.717, 1.165) is 10.4 Å². The predicted molar refractivity (Wildman–Crippen MR) is 124 cm³/mol. The van der Waals surface area contributed by atoms with Gasteiger partial charge in [-0.15, -0.1) is 6.42 Å². The van der Waals surface area contributed by atoms with Crippen LogP contribution >= 0.6 is 15.9 Å². The molecule has 0 amide bonds. The number of ether oxygens (including phenoxy) is 2. The van der Waals surface area contributed by atoms with Crippen LogP contribution in [0.15, 0.2) is 53.0 Å². The van der Waals surface area contributed by atoms with E-state index in [1.807, 2.05) is 24.3 Å². The van der Waals surface area contributed by atoms with Crippen LogP contribution in [0.1, 0.15) is 70.7 Å². The van der Waals surface area contributed by atoms with Crippen molar-refractivity contribution in [2.75, 3.05) is 14.2 Å². The average molecular weight is 565 g/mol. The van der Waals surface area contributed by atoms with E-state index in [-0.39, 0.29) is 52.0 Å². The van der Waals surface area contributed by atoms with Crippen molar-refractivity contribution in [2.45, 2.75) is 44.4 Å². The van der Waals surface area contributed by atoms with Gasteiger partial charge in [-0.3, -0.25) is 0 Å². The van der Waals surface area contributed by atoms with Crippen LogP contribution in [0.5, 0.6) is 0 Å². The summed E-state index contributed by atoms with van der Waals surface area (Å²) in [6, 6.07) is 14.8. The summed E-state index contributed by atoms with van der Waals surface area (Å²) in [5.74, 6) is 0.157. The van der Waals surface area contributed by atoms with Crippen LogP contribution in [0.25, 0.3) is 0 Å². The van der Waals surface area contributed by atoms with Gasteiger partial charge in [0, 0.05) is 4.47 Å². The van der Waals surface area contributed by atoms with Crippen molar-refractivity contribution in [1.29, 1.82) is 0 Å². The number of esters is 2. The molecule has 0 spiro atoms. The number of rotatable bonds is 3. The molecular weight excluding hydrogens is 536 g/mol. The molecule has 2 aliphatic rings. The van der Waals surface area contributed by atoms with E-state index in [4.69, 9.17) is 0 Å². The van der Waals surface area contributed by atoms with E-state index in [1.165, 1.54) is 58.3 Å². The molecule has 0 heterocycles. The summed E-state index contributed by atoms with van der Waals surface area (Å²) in [4.78, 5) is 22.0. The largest absolute Gasteiger partial charge is 2.00 e. The van der Waals surface area contributed by atoms with Gasteiger partial charge in [0.25, 0.3) is 0 Å². The zero-order valence-electron chi connectivity index (χ0n) is 18.1. The number of halogens is 2. The molecule has 0 aliphatic heterocycles. The second-order valence-electron chi connectivity index (χ2n) is 6.96. The predicted octanol–water partition coefficient (Wildman–Crippen LogP) is 2.97. The van der Waals surface area contributed by atoms with Crippen molar-refractivity contribution in [1.82, 2.24) is 0 Å². The van der Waals surface area contributed by atoms with E-state index in [1.54, 1.807) is 24.3 Å². The molecule has 0 atom stereocenters. The molecule has 0 aromatic heterocycles. The normalized spacial score (nSPS) is 13.6. The summed E-state index contributed by atoms with van der Waals surface area (Å²) in [6.07, 6.45) is 10.4. The maximum atomic E-state index is 11.2. The Kier molecular flexibility index (Phi) is 16.2. The third-order valence-corrected chi connectivity index (χ3v) is 5.52. The number of benzene rings is 2. The van der Waals surface area contributed by atoms with Gasteiger partial charge in [0.1, 0.15) is 0 Å². The minimum absolute atomic E-state index is 0. The van der Waals surface area contributed by atoms with Crippen LogP contribution in [0, 0.1) is 6.42 Å². The second kappa shape index (κ2) is 16.7. The Morgan fingerprint density at radius 3 is 1.52 bits per heavy atom. The van der Waals surface area contributed by atoms with Crippen LogP contribution in [-0.4, -0.2) is 49.2 Å². The summed E-state index contributed by atoms with van der Waals surface area (Å²) in [5.41, 5.74) is 2.55. The van der Waals surface area contributed by atoms with Crippen LogP contribution < -0.4 is 17.0 Å². The topological polar surface area (TPSA) is 52.6 Å². The fourth-order valence-electron chi connectivity index (χ4n) is 2.66. The van der Waals surface area contributed by atoms with Crippen LogP contribution in [0.3, 0.4) is 0 Å². The smallest absolute Gasteiger partial charge is 1.00 e. The van der Waals surface area contributed by atoms with Gasteiger partial charge in [0.2, 0.25) is 0 Å². The molecule has 2 fully saturated rings. The summed E-state index contributed by atoms with van der Waals surface area (Å²) < 4.78 is 10.1. The van der Waals surface area contributed by atoms with Gasteiger partial charge in [0.05, 0.1) is 25.3 Å². The van der Waals surface area contributed by atoms with Gasteiger partial charge in [-0.2, -0.15) is 12.8 Å². The zero-order chi connectivity index (χ0) is 21.1. The molecule has 2 saturated carbocycles. The van der Waals surface area contributed by atoms with Gasteiger partial charge < -0.3 is 32.9 Å². The maximum Gasteiger partial charge on any atom is 2.00 e. The first-order chi connectivity index (χ1) is 14.0. The van der Waals surface area contributed by atoms with Crippen LogP contribution in [-0.2, 0) is 9.47 Å². The van der Waals surface area contributed by atoms with Gasteiger partial charge in [0.15, 0.2) is 0 Å². The van der Waals surface area contributed by atoms with Crippen molar-refractivity contribution in [3.05, 3.63) is 76.1 Å². The summed E-state index contributed by atoms with van der Waals surface area (Å²) in [7, 11) is 2.77. The Hall–Kier alpha value is -0.894. The molecule has 2 aromatic rings. The van der Waals surface area contributed by atoms with Gasteiger partial charge in [-0.05, 0) is 60.7 Å². The zero-order valence-corrected chi connectivity index (χ0v) is 22.7. The van der Waals surface area contributed by atoms with E-state index >= 15 is 0 Å². The molecule has 0 unspecified atom stereocenters. The Balaban J connectivity index is 0.000000474. The first kappa shape index (κ1) is 30.1. The first-order valence-electron chi connectivity index (χ1n) is 9.89. The first-order valence-corrected chi connectivity index (χ1v) is 10.7. The Morgan fingerprint density at radius 2 is 1.23 bits per heavy atom. The molecule has 0 radical (unpaired) electrons. The third-order valence-electron chi connectivity index (χ3n) is 4.99. The molecule has 164 valence electrons. The molecule has 4 nitrogen and oxygen atoms in total. The number of hydrogen-bond donors (Lipinski definition) is 0. The molecule has 31 heavy (non-hydrogen) atoms. The fourth-order valence-corrected chi connectivity index (χ4v) is 2.92.